The molecule has 0 aromatic heterocycles. The van der Waals surface area contributed by atoms with Crippen LogP contribution in [0.1, 0.15) is 27.6 Å². The molecule has 0 aliphatic rings. The molecule has 0 aliphatic heterocycles. The lowest BCUT2D eigenvalue weighted by Crippen LogP contribution is -2.22. The van der Waals surface area contributed by atoms with Crippen LogP contribution in [-0.4, -0.2) is 18.4 Å². The fourth-order valence-electron chi connectivity index (χ4n) is 1.84. The van der Waals surface area contributed by atoms with Gasteiger partial charge in [0.1, 0.15) is 5.82 Å². The average molecular weight is 321 g/mol. The van der Waals surface area contributed by atoms with Crippen LogP contribution in [0.4, 0.5) is 10.1 Å². The van der Waals surface area contributed by atoms with Crippen LogP contribution < -0.4 is 10.6 Å². The first-order valence-corrected chi connectivity index (χ1v) is 7.03. The van der Waals surface area contributed by atoms with Crippen LogP contribution >= 0.6 is 11.6 Å². The van der Waals surface area contributed by atoms with Gasteiger partial charge in [-0.25, -0.2) is 4.39 Å². The number of carbonyl (C=O) groups excluding carboxylic acids is 2. The normalized spacial score (nSPS) is 10.1. The van der Waals surface area contributed by atoms with Gasteiger partial charge in [-0.2, -0.15) is 0 Å². The van der Waals surface area contributed by atoms with Gasteiger partial charge in [-0.1, -0.05) is 11.6 Å². The summed E-state index contributed by atoms with van der Waals surface area (Å²) in [6.07, 6.45) is 0. The van der Waals surface area contributed by atoms with Crippen LogP contribution in [0.2, 0.25) is 5.02 Å². The van der Waals surface area contributed by atoms with Crippen molar-refractivity contribution in [2.75, 3.05) is 11.9 Å². The Labute approximate surface area is 132 Å². The molecule has 2 aromatic rings. The third kappa shape index (κ3) is 3.83. The van der Waals surface area contributed by atoms with E-state index in [0.717, 1.165) is 6.07 Å². The fraction of sp³-hybridized carbons (Fsp3) is 0.125. The van der Waals surface area contributed by atoms with Crippen LogP contribution in [0.3, 0.4) is 0 Å². The zero-order chi connectivity index (χ0) is 16.1. The Hall–Kier alpha value is -2.40. The van der Waals surface area contributed by atoms with Gasteiger partial charge in [-0.05, 0) is 49.4 Å². The highest BCUT2D eigenvalue weighted by Gasteiger charge is 2.13. The molecule has 2 rings (SSSR count). The highest BCUT2D eigenvalue weighted by atomic mass is 35.5. The molecule has 2 N–H and O–H groups in total. The standard InChI is InChI=1S/C16H14ClFN2O2/c1-2-19-15(21)10-3-6-12(7-4-10)20-16(22)13-9-11(17)5-8-14(13)18/h3-9H,2H2,1H3,(H,19,21)(H,20,22). The van der Waals surface area contributed by atoms with Crippen molar-refractivity contribution in [1.29, 1.82) is 0 Å². The van der Waals surface area contributed by atoms with Crippen LogP contribution in [0.15, 0.2) is 42.5 Å². The van der Waals surface area contributed by atoms with Crippen molar-refractivity contribution in [1.82, 2.24) is 5.32 Å². The largest absolute Gasteiger partial charge is 0.352 e. The Morgan fingerprint density at radius 2 is 1.77 bits per heavy atom. The first-order chi connectivity index (χ1) is 10.5. The van der Waals surface area contributed by atoms with Gasteiger partial charge in [0.15, 0.2) is 0 Å². The molecule has 0 bridgehead atoms. The van der Waals surface area contributed by atoms with E-state index >= 15 is 0 Å². The highest BCUT2D eigenvalue weighted by Crippen LogP contribution is 2.17. The van der Waals surface area contributed by atoms with Crippen LogP contribution in [0, 0.1) is 5.82 Å². The Bertz CT molecular complexity index is 702. The number of rotatable bonds is 4. The minimum Gasteiger partial charge on any atom is -0.352 e. The smallest absolute Gasteiger partial charge is 0.258 e. The molecule has 6 heteroatoms. The Balaban J connectivity index is 2.12. The summed E-state index contributed by atoms with van der Waals surface area (Å²) >= 11 is 5.76. The van der Waals surface area contributed by atoms with Crippen molar-refractivity contribution in [3.63, 3.8) is 0 Å². The minimum absolute atomic E-state index is 0.139. The number of anilines is 1. The van der Waals surface area contributed by atoms with Crippen molar-refractivity contribution < 1.29 is 14.0 Å². The maximum absolute atomic E-state index is 13.6. The molecule has 0 saturated heterocycles. The predicted molar refractivity (Wildman–Crippen MR) is 83.8 cm³/mol. The molecule has 0 atom stereocenters. The topological polar surface area (TPSA) is 58.2 Å². The maximum Gasteiger partial charge on any atom is 0.258 e. The molecule has 0 saturated carbocycles. The minimum atomic E-state index is -0.652. The number of benzene rings is 2. The Kier molecular flexibility index (Phi) is 5.12. The van der Waals surface area contributed by atoms with Crippen LogP contribution in [-0.2, 0) is 0 Å². The Morgan fingerprint density at radius 1 is 1.09 bits per heavy atom. The summed E-state index contributed by atoms with van der Waals surface area (Å²) < 4.78 is 13.6. The average Bonchev–Trinajstić information content (AvgIpc) is 2.50. The summed E-state index contributed by atoms with van der Waals surface area (Å²) in [7, 11) is 0. The molecule has 22 heavy (non-hydrogen) atoms. The van der Waals surface area contributed by atoms with E-state index in [0.29, 0.717) is 17.8 Å². The molecular weight excluding hydrogens is 307 g/mol. The van der Waals surface area contributed by atoms with E-state index in [4.69, 9.17) is 11.6 Å². The summed E-state index contributed by atoms with van der Waals surface area (Å²) in [5.74, 6) is -1.45. The fourth-order valence-corrected chi connectivity index (χ4v) is 2.01. The van der Waals surface area contributed by atoms with E-state index in [9.17, 15) is 14.0 Å². The quantitative estimate of drug-likeness (QED) is 0.906. The second kappa shape index (κ2) is 7.04. The molecule has 114 valence electrons. The second-order valence-corrected chi connectivity index (χ2v) is 4.95. The molecule has 0 unspecified atom stereocenters. The predicted octanol–water partition coefficient (Wildman–Crippen LogP) is 3.48. The van der Waals surface area contributed by atoms with E-state index in [1.54, 1.807) is 24.3 Å². The molecule has 0 radical (unpaired) electrons. The Morgan fingerprint density at radius 3 is 2.41 bits per heavy atom. The van der Waals surface area contributed by atoms with Gasteiger partial charge < -0.3 is 10.6 Å². The lowest BCUT2D eigenvalue weighted by Gasteiger charge is -2.08. The summed E-state index contributed by atoms with van der Waals surface area (Å²) in [5, 5.41) is 5.50. The van der Waals surface area contributed by atoms with Gasteiger partial charge in [0.05, 0.1) is 5.56 Å². The van der Waals surface area contributed by atoms with Crippen molar-refractivity contribution in [3.8, 4) is 0 Å². The summed E-state index contributed by atoms with van der Waals surface area (Å²) in [6, 6.07) is 10.1. The van der Waals surface area contributed by atoms with Crippen LogP contribution in [0.25, 0.3) is 0 Å². The second-order valence-electron chi connectivity index (χ2n) is 4.52. The van der Waals surface area contributed by atoms with Crippen LogP contribution in [0.5, 0.6) is 0 Å². The van der Waals surface area contributed by atoms with Gasteiger partial charge in [-0.3, -0.25) is 9.59 Å². The molecule has 0 heterocycles. The van der Waals surface area contributed by atoms with E-state index in [1.807, 2.05) is 6.92 Å². The molecule has 2 aromatic carbocycles. The van der Waals surface area contributed by atoms with E-state index < -0.39 is 11.7 Å². The monoisotopic (exact) mass is 320 g/mol. The lowest BCUT2D eigenvalue weighted by molar-refractivity contribution is 0.0955. The van der Waals surface area contributed by atoms with Crippen molar-refractivity contribution in [2.45, 2.75) is 6.92 Å². The third-order valence-corrected chi connectivity index (χ3v) is 3.15. The number of carbonyl (C=O) groups is 2. The van der Waals surface area contributed by atoms with Gasteiger partial charge in [-0.15, -0.1) is 0 Å². The zero-order valence-corrected chi connectivity index (χ0v) is 12.6. The SMILES string of the molecule is CCNC(=O)c1ccc(NC(=O)c2cc(Cl)ccc2F)cc1. The lowest BCUT2D eigenvalue weighted by atomic mass is 10.1. The summed E-state index contributed by atoms with van der Waals surface area (Å²) in [4.78, 5) is 23.6. The number of hydrogen-bond donors (Lipinski definition) is 2. The van der Waals surface area contributed by atoms with Crippen molar-refractivity contribution in [2.24, 2.45) is 0 Å². The van der Waals surface area contributed by atoms with Crippen molar-refractivity contribution >= 4 is 29.1 Å². The van der Waals surface area contributed by atoms with Gasteiger partial charge in [0.2, 0.25) is 0 Å². The van der Waals surface area contributed by atoms with E-state index in [-0.39, 0.29) is 16.5 Å². The highest BCUT2D eigenvalue weighted by molar-refractivity contribution is 6.31. The third-order valence-electron chi connectivity index (χ3n) is 2.92. The molecule has 0 aliphatic carbocycles. The molecule has 2 amide bonds. The number of nitrogens with one attached hydrogen (secondary N) is 2. The van der Waals surface area contributed by atoms with Gasteiger partial charge >= 0.3 is 0 Å². The maximum atomic E-state index is 13.6. The molecule has 0 spiro atoms. The molecular formula is C16H14ClFN2O2. The van der Waals surface area contributed by atoms with Gasteiger partial charge in [0.25, 0.3) is 11.8 Å². The summed E-state index contributed by atoms with van der Waals surface area (Å²) in [6.45, 7) is 2.36. The molecule has 4 nitrogen and oxygen atoms in total. The van der Waals surface area contributed by atoms with E-state index in [2.05, 4.69) is 10.6 Å². The number of halogens is 2. The first-order valence-electron chi connectivity index (χ1n) is 6.66. The first kappa shape index (κ1) is 16.0. The van der Waals surface area contributed by atoms with Crippen molar-refractivity contribution in [3.05, 3.63) is 64.4 Å². The van der Waals surface area contributed by atoms with Gasteiger partial charge in [0, 0.05) is 22.8 Å². The summed E-state index contributed by atoms with van der Waals surface area (Å²) in [5.41, 5.74) is 0.798. The number of amides is 2. The zero-order valence-electron chi connectivity index (χ0n) is 11.8. The molecule has 0 fully saturated rings. The number of hydrogen-bond acceptors (Lipinski definition) is 2. The van der Waals surface area contributed by atoms with E-state index in [1.165, 1.54) is 12.1 Å².